The summed E-state index contributed by atoms with van der Waals surface area (Å²) in [5.74, 6) is 0.0463. The van der Waals surface area contributed by atoms with E-state index in [2.05, 4.69) is 15.0 Å². The highest BCUT2D eigenvalue weighted by molar-refractivity contribution is 5.78. The smallest absolute Gasteiger partial charge is 0.304 e. The fourth-order valence-electron chi connectivity index (χ4n) is 1.15. The average molecular weight is 192 g/mol. The van der Waals surface area contributed by atoms with Crippen molar-refractivity contribution in [2.75, 3.05) is 11.5 Å². The second kappa shape index (κ2) is 2.66. The summed E-state index contributed by atoms with van der Waals surface area (Å²) in [6.07, 6.45) is 1.40. The molecule has 0 saturated heterocycles. The minimum Gasteiger partial charge on any atom is -0.618 e. The van der Waals surface area contributed by atoms with Crippen molar-refractivity contribution in [3.8, 4) is 0 Å². The predicted molar refractivity (Wildman–Crippen MR) is 49.9 cm³/mol. The molecule has 0 fully saturated rings. The molecular weight excluding hydrogens is 184 g/mol. The largest absolute Gasteiger partial charge is 0.618 e. The number of anilines is 2. The Hall–Kier alpha value is -2.18. The van der Waals surface area contributed by atoms with Crippen molar-refractivity contribution in [3.05, 3.63) is 17.1 Å². The third kappa shape index (κ3) is 1.06. The van der Waals surface area contributed by atoms with E-state index in [1.165, 1.54) is 6.20 Å². The van der Waals surface area contributed by atoms with Crippen molar-refractivity contribution in [2.24, 2.45) is 0 Å². The summed E-state index contributed by atoms with van der Waals surface area (Å²) >= 11 is 0. The lowest BCUT2D eigenvalue weighted by molar-refractivity contribution is -0.584. The van der Waals surface area contributed by atoms with Gasteiger partial charge >= 0.3 is 5.52 Å². The Labute approximate surface area is 79.0 Å². The van der Waals surface area contributed by atoms with Gasteiger partial charge in [0.25, 0.3) is 0 Å². The highest BCUT2D eigenvalue weighted by Crippen LogP contribution is 2.12. The van der Waals surface area contributed by atoms with Crippen LogP contribution in [-0.4, -0.2) is 15.0 Å². The van der Waals surface area contributed by atoms with Gasteiger partial charge in [-0.15, -0.1) is 0 Å². The number of fused-ring (bicyclic) bond motifs is 1. The van der Waals surface area contributed by atoms with Crippen LogP contribution in [0.15, 0.2) is 6.20 Å². The Morgan fingerprint density at radius 3 is 2.79 bits per heavy atom. The number of aromatic nitrogens is 4. The van der Waals surface area contributed by atoms with Crippen molar-refractivity contribution >= 4 is 22.9 Å². The molecule has 0 aliphatic carbocycles. The summed E-state index contributed by atoms with van der Waals surface area (Å²) in [6.45, 7) is 1.62. The molecule has 0 atom stereocenters. The Balaban J connectivity index is 2.95. The maximum Gasteiger partial charge on any atom is 0.304 e. The minimum absolute atomic E-state index is 0.00588. The van der Waals surface area contributed by atoms with E-state index >= 15 is 0 Å². The Morgan fingerprint density at radius 2 is 2.07 bits per heavy atom. The maximum atomic E-state index is 11.5. The highest BCUT2D eigenvalue weighted by atomic mass is 16.5. The van der Waals surface area contributed by atoms with Gasteiger partial charge in [0.2, 0.25) is 23.1 Å². The summed E-state index contributed by atoms with van der Waals surface area (Å²) < 4.78 is 0.636. The van der Waals surface area contributed by atoms with Gasteiger partial charge in [0.15, 0.2) is 0 Å². The van der Waals surface area contributed by atoms with E-state index in [0.717, 1.165) is 0 Å². The molecule has 7 heteroatoms. The van der Waals surface area contributed by atoms with Gasteiger partial charge in [0, 0.05) is 6.92 Å². The van der Waals surface area contributed by atoms with Crippen molar-refractivity contribution < 1.29 is 4.73 Å². The van der Waals surface area contributed by atoms with Gasteiger partial charge in [-0.3, -0.25) is 0 Å². The third-order valence-corrected chi connectivity index (χ3v) is 1.81. The molecule has 14 heavy (non-hydrogen) atoms. The lowest BCUT2D eigenvalue weighted by Crippen LogP contribution is -2.32. The molecule has 0 radical (unpaired) electrons. The van der Waals surface area contributed by atoms with Crippen LogP contribution >= 0.6 is 0 Å². The fourth-order valence-corrected chi connectivity index (χ4v) is 1.15. The first-order chi connectivity index (χ1) is 6.59. The van der Waals surface area contributed by atoms with E-state index < -0.39 is 0 Å². The first-order valence-corrected chi connectivity index (χ1v) is 3.87. The van der Waals surface area contributed by atoms with Crippen molar-refractivity contribution in [2.45, 2.75) is 6.92 Å². The van der Waals surface area contributed by atoms with E-state index in [-0.39, 0.29) is 22.9 Å². The molecule has 2 heterocycles. The number of rotatable bonds is 0. The molecule has 2 aromatic heterocycles. The van der Waals surface area contributed by atoms with Gasteiger partial charge < -0.3 is 16.7 Å². The first-order valence-electron chi connectivity index (χ1n) is 3.87. The van der Waals surface area contributed by atoms with E-state index in [1.54, 1.807) is 6.92 Å². The number of aryl methyl sites for hydroxylation is 1. The van der Waals surface area contributed by atoms with Gasteiger partial charge in [-0.05, 0) is 0 Å². The van der Waals surface area contributed by atoms with Crippen LogP contribution in [0.2, 0.25) is 0 Å². The number of nitrogens with zero attached hydrogens (tertiary/aromatic N) is 4. The molecular formula is C7H8N6O. The molecule has 0 aliphatic rings. The van der Waals surface area contributed by atoms with Crippen LogP contribution in [0.4, 0.5) is 11.8 Å². The topological polar surface area (TPSA) is 118 Å². The van der Waals surface area contributed by atoms with Gasteiger partial charge in [-0.2, -0.15) is 14.7 Å². The standard InChI is InChI=1S/C7H8N6O/c1-3-2-10-6-4(13(3)14)5(8)11-7(9)12-6/h2H,1H3,(H4,8,9,10,11,12). The number of nitrogens with two attached hydrogens (primary N) is 2. The molecule has 0 unspecified atom stereocenters. The molecule has 0 spiro atoms. The molecule has 7 nitrogen and oxygen atoms in total. The zero-order chi connectivity index (χ0) is 10.3. The minimum atomic E-state index is 0.00588. The average Bonchev–Trinajstić information content (AvgIpc) is 2.10. The summed E-state index contributed by atoms with van der Waals surface area (Å²) in [5.41, 5.74) is 11.7. The Bertz CT molecular complexity index is 511. The normalized spacial score (nSPS) is 10.6. The summed E-state index contributed by atoms with van der Waals surface area (Å²) in [7, 11) is 0. The lowest BCUT2D eigenvalue weighted by Gasteiger charge is -2.04. The van der Waals surface area contributed by atoms with Crippen LogP contribution in [0, 0.1) is 12.1 Å². The number of hydrogen-bond acceptors (Lipinski definition) is 6. The van der Waals surface area contributed by atoms with Crippen molar-refractivity contribution in [1.29, 1.82) is 0 Å². The monoisotopic (exact) mass is 192 g/mol. The molecule has 72 valence electrons. The molecule has 4 N–H and O–H groups in total. The quantitative estimate of drug-likeness (QED) is 0.414. The molecule has 2 aromatic rings. The summed E-state index contributed by atoms with van der Waals surface area (Å²) in [5, 5.41) is 11.5. The van der Waals surface area contributed by atoms with Gasteiger partial charge in [0.05, 0.1) is 6.20 Å². The van der Waals surface area contributed by atoms with Crippen LogP contribution in [-0.2, 0) is 0 Å². The van der Waals surface area contributed by atoms with E-state index in [1.807, 2.05) is 0 Å². The SMILES string of the molecule is Cc1cnc2nc(N)nc(N)c2[n+]1[O-]. The summed E-state index contributed by atoms with van der Waals surface area (Å²) in [6, 6.07) is 0. The van der Waals surface area contributed by atoms with E-state index in [0.29, 0.717) is 10.4 Å². The van der Waals surface area contributed by atoms with Crippen LogP contribution < -0.4 is 16.2 Å². The van der Waals surface area contributed by atoms with Crippen LogP contribution in [0.5, 0.6) is 0 Å². The third-order valence-electron chi connectivity index (χ3n) is 1.81. The second-order valence-corrected chi connectivity index (χ2v) is 2.83. The molecule has 0 bridgehead atoms. The zero-order valence-corrected chi connectivity index (χ0v) is 7.43. The summed E-state index contributed by atoms with van der Waals surface area (Å²) in [4.78, 5) is 11.4. The molecule has 2 rings (SSSR count). The number of hydrogen-bond donors (Lipinski definition) is 2. The molecule has 0 aliphatic heterocycles. The fraction of sp³-hybridized carbons (Fsp3) is 0.143. The molecule has 0 aromatic carbocycles. The van der Waals surface area contributed by atoms with Gasteiger partial charge in [-0.1, -0.05) is 0 Å². The highest BCUT2D eigenvalue weighted by Gasteiger charge is 2.15. The maximum absolute atomic E-state index is 11.5. The zero-order valence-electron chi connectivity index (χ0n) is 7.43. The van der Waals surface area contributed by atoms with Crippen LogP contribution in [0.3, 0.4) is 0 Å². The first kappa shape index (κ1) is 8.42. The van der Waals surface area contributed by atoms with Crippen molar-refractivity contribution in [1.82, 2.24) is 15.0 Å². The van der Waals surface area contributed by atoms with Crippen LogP contribution in [0.25, 0.3) is 11.2 Å². The van der Waals surface area contributed by atoms with Gasteiger partial charge in [-0.25, -0.2) is 4.98 Å². The van der Waals surface area contributed by atoms with E-state index in [9.17, 15) is 5.21 Å². The number of nitrogen functional groups attached to an aromatic ring is 2. The molecule has 0 amide bonds. The van der Waals surface area contributed by atoms with Gasteiger partial charge in [0.1, 0.15) is 0 Å². The van der Waals surface area contributed by atoms with Crippen LogP contribution in [0.1, 0.15) is 5.69 Å². The Kier molecular flexibility index (Phi) is 1.60. The lowest BCUT2D eigenvalue weighted by atomic mass is 10.4. The van der Waals surface area contributed by atoms with E-state index in [4.69, 9.17) is 11.5 Å². The second-order valence-electron chi connectivity index (χ2n) is 2.83. The van der Waals surface area contributed by atoms with Crippen molar-refractivity contribution in [3.63, 3.8) is 0 Å². The predicted octanol–water partition coefficient (Wildman–Crippen LogP) is -0.869. The molecule has 0 saturated carbocycles. The Morgan fingerprint density at radius 1 is 1.36 bits per heavy atom.